The van der Waals surface area contributed by atoms with Crippen LogP contribution in [0.15, 0.2) is 36.0 Å². The minimum atomic E-state index is -4.42. The van der Waals surface area contributed by atoms with Crippen LogP contribution in [0.1, 0.15) is 17.7 Å². The van der Waals surface area contributed by atoms with Gasteiger partial charge in [0.2, 0.25) is 5.91 Å². The van der Waals surface area contributed by atoms with Crippen LogP contribution < -0.4 is 14.8 Å². The molecule has 0 spiro atoms. The maximum absolute atomic E-state index is 12.3. The standard InChI is InChI=1S/C18H18F3N3O3S/c1-26-15-8-12(2-4-14(15)27-11-18(19,20)21)3-5-16(25)22-9-13-10-24-6-7-28-17(24)23-13/h2,4,6-8,10H,3,5,9,11H2,1H3,(H,22,25). The van der Waals surface area contributed by atoms with Crippen molar-refractivity contribution < 1.29 is 27.4 Å². The molecule has 6 nitrogen and oxygen atoms in total. The second-order valence-electron chi connectivity index (χ2n) is 5.99. The summed E-state index contributed by atoms with van der Waals surface area (Å²) in [5.41, 5.74) is 1.53. The first-order valence-corrected chi connectivity index (χ1v) is 9.26. The second-order valence-corrected chi connectivity index (χ2v) is 6.86. The van der Waals surface area contributed by atoms with Gasteiger partial charge in [0.15, 0.2) is 23.1 Å². The Hall–Kier alpha value is -2.75. The number of carbonyl (C=O) groups excluding carboxylic acids is 1. The van der Waals surface area contributed by atoms with Gasteiger partial charge in [0.05, 0.1) is 19.3 Å². The number of halogens is 3. The maximum atomic E-state index is 12.3. The first-order chi connectivity index (χ1) is 13.3. The molecule has 2 heterocycles. The molecular weight excluding hydrogens is 395 g/mol. The van der Waals surface area contributed by atoms with Gasteiger partial charge in [0.25, 0.3) is 0 Å². The van der Waals surface area contributed by atoms with Crippen molar-refractivity contribution in [3.05, 3.63) is 47.2 Å². The van der Waals surface area contributed by atoms with Gasteiger partial charge in [-0.05, 0) is 24.1 Å². The lowest BCUT2D eigenvalue weighted by atomic mass is 10.1. The Labute approximate surface area is 162 Å². The molecule has 10 heteroatoms. The van der Waals surface area contributed by atoms with Crippen LogP contribution in [0.5, 0.6) is 11.5 Å². The molecule has 3 aromatic rings. The summed E-state index contributed by atoms with van der Waals surface area (Å²) in [7, 11) is 1.35. The van der Waals surface area contributed by atoms with Gasteiger partial charge in [0, 0.05) is 24.2 Å². The van der Waals surface area contributed by atoms with Crippen LogP contribution >= 0.6 is 11.3 Å². The zero-order valence-corrected chi connectivity index (χ0v) is 15.8. The molecule has 28 heavy (non-hydrogen) atoms. The van der Waals surface area contributed by atoms with Crippen molar-refractivity contribution in [2.24, 2.45) is 0 Å². The number of rotatable bonds is 8. The molecule has 3 rings (SSSR count). The third kappa shape index (κ3) is 5.38. The number of nitrogens with one attached hydrogen (secondary N) is 1. The summed E-state index contributed by atoms with van der Waals surface area (Å²) in [6, 6.07) is 4.60. The monoisotopic (exact) mass is 413 g/mol. The van der Waals surface area contributed by atoms with E-state index in [4.69, 9.17) is 9.47 Å². The number of aryl methyl sites for hydroxylation is 1. The number of alkyl halides is 3. The Kier molecular flexibility index (Phi) is 6.08. The van der Waals surface area contributed by atoms with Gasteiger partial charge in [0.1, 0.15) is 0 Å². The number of methoxy groups -OCH3 is 1. The lowest BCUT2D eigenvalue weighted by Crippen LogP contribution is -2.23. The van der Waals surface area contributed by atoms with E-state index < -0.39 is 12.8 Å². The van der Waals surface area contributed by atoms with Crippen LogP contribution in [0, 0.1) is 0 Å². The van der Waals surface area contributed by atoms with Crippen LogP contribution in [0.2, 0.25) is 0 Å². The van der Waals surface area contributed by atoms with Crippen molar-refractivity contribution in [1.29, 1.82) is 0 Å². The Morgan fingerprint density at radius 3 is 2.86 bits per heavy atom. The Balaban J connectivity index is 1.50. The largest absolute Gasteiger partial charge is 0.493 e. The number of thiazole rings is 1. The molecule has 0 aliphatic rings. The van der Waals surface area contributed by atoms with Crippen LogP contribution in [-0.2, 0) is 17.8 Å². The average Bonchev–Trinajstić information content (AvgIpc) is 3.24. The molecule has 150 valence electrons. The summed E-state index contributed by atoms with van der Waals surface area (Å²) in [6.07, 6.45) is -0.0233. The highest BCUT2D eigenvalue weighted by molar-refractivity contribution is 7.15. The third-order valence-corrected chi connectivity index (χ3v) is 4.64. The zero-order chi connectivity index (χ0) is 20.1. The molecule has 0 atom stereocenters. The number of carbonyl (C=O) groups is 1. The Morgan fingerprint density at radius 2 is 2.14 bits per heavy atom. The first-order valence-electron chi connectivity index (χ1n) is 8.38. The van der Waals surface area contributed by atoms with Gasteiger partial charge < -0.3 is 14.8 Å². The van der Waals surface area contributed by atoms with E-state index in [1.165, 1.54) is 24.5 Å². The summed E-state index contributed by atoms with van der Waals surface area (Å²) in [6.45, 7) is -1.06. The Morgan fingerprint density at radius 1 is 1.32 bits per heavy atom. The molecule has 0 unspecified atom stereocenters. The fourth-order valence-corrected chi connectivity index (χ4v) is 3.26. The molecule has 0 radical (unpaired) electrons. The van der Waals surface area contributed by atoms with Crippen molar-refractivity contribution in [1.82, 2.24) is 14.7 Å². The number of nitrogens with zero attached hydrogens (tertiary/aromatic N) is 2. The summed E-state index contributed by atoms with van der Waals surface area (Å²) in [5.74, 6) is 0.0562. The van der Waals surface area contributed by atoms with E-state index in [0.29, 0.717) is 13.0 Å². The van der Waals surface area contributed by atoms with Crippen molar-refractivity contribution >= 4 is 22.2 Å². The molecule has 0 aliphatic heterocycles. The number of hydrogen-bond acceptors (Lipinski definition) is 5. The number of ether oxygens (including phenoxy) is 2. The zero-order valence-electron chi connectivity index (χ0n) is 15.0. The van der Waals surface area contributed by atoms with Gasteiger partial charge in [-0.2, -0.15) is 13.2 Å². The van der Waals surface area contributed by atoms with E-state index >= 15 is 0 Å². The topological polar surface area (TPSA) is 64.9 Å². The lowest BCUT2D eigenvalue weighted by Gasteiger charge is -2.13. The molecular formula is C18H18F3N3O3S. The van der Waals surface area contributed by atoms with E-state index in [2.05, 4.69) is 10.3 Å². The van der Waals surface area contributed by atoms with Crippen molar-refractivity contribution in [3.8, 4) is 11.5 Å². The lowest BCUT2D eigenvalue weighted by molar-refractivity contribution is -0.153. The number of aromatic nitrogens is 2. The van der Waals surface area contributed by atoms with Gasteiger partial charge in [-0.25, -0.2) is 4.98 Å². The molecule has 0 saturated heterocycles. The van der Waals surface area contributed by atoms with E-state index in [-0.39, 0.29) is 23.8 Å². The minimum absolute atomic E-state index is 0.00720. The fourth-order valence-electron chi connectivity index (χ4n) is 2.54. The molecule has 1 amide bonds. The smallest absolute Gasteiger partial charge is 0.422 e. The van der Waals surface area contributed by atoms with Crippen molar-refractivity contribution in [2.45, 2.75) is 25.6 Å². The summed E-state index contributed by atoms with van der Waals surface area (Å²) in [4.78, 5) is 17.3. The highest BCUT2D eigenvalue weighted by Gasteiger charge is 2.29. The summed E-state index contributed by atoms with van der Waals surface area (Å²) in [5, 5.41) is 4.73. The van der Waals surface area contributed by atoms with E-state index in [1.54, 1.807) is 12.1 Å². The number of hydrogen-bond donors (Lipinski definition) is 1. The van der Waals surface area contributed by atoms with Crippen LogP contribution in [0.25, 0.3) is 4.96 Å². The van der Waals surface area contributed by atoms with Gasteiger partial charge in [-0.15, -0.1) is 11.3 Å². The van der Waals surface area contributed by atoms with Crippen LogP contribution in [0.3, 0.4) is 0 Å². The highest BCUT2D eigenvalue weighted by Crippen LogP contribution is 2.30. The first kappa shape index (κ1) is 20.0. The second kappa shape index (κ2) is 8.51. The van der Waals surface area contributed by atoms with E-state index in [0.717, 1.165) is 16.2 Å². The SMILES string of the molecule is COc1cc(CCC(=O)NCc2cn3ccsc3n2)ccc1OCC(F)(F)F. The number of benzene rings is 1. The normalized spacial score (nSPS) is 11.6. The predicted octanol–water partition coefficient (Wildman–Crippen LogP) is 3.59. The number of imidazole rings is 1. The minimum Gasteiger partial charge on any atom is -0.493 e. The highest BCUT2D eigenvalue weighted by atomic mass is 32.1. The summed E-state index contributed by atoms with van der Waals surface area (Å²) < 4.78 is 48.6. The van der Waals surface area contributed by atoms with Crippen molar-refractivity contribution in [2.75, 3.05) is 13.7 Å². The molecule has 0 saturated carbocycles. The predicted molar refractivity (Wildman–Crippen MR) is 97.8 cm³/mol. The molecule has 1 N–H and O–H groups in total. The average molecular weight is 413 g/mol. The summed E-state index contributed by atoms with van der Waals surface area (Å²) >= 11 is 1.51. The Bertz CT molecular complexity index is 924. The van der Waals surface area contributed by atoms with Crippen LogP contribution in [-0.4, -0.2) is 35.2 Å². The van der Waals surface area contributed by atoms with E-state index in [1.807, 2.05) is 22.2 Å². The molecule has 1 aromatic carbocycles. The van der Waals surface area contributed by atoms with Crippen LogP contribution in [0.4, 0.5) is 13.2 Å². The molecule has 0 fully saturated rings. The van der Waals surface area contributed by atoms with Crippen molar-refractivity contribution in [3.63, 3.8) is 0 Å². The number of amides is 1. The molecule has 0 bridgehead atoms. The molecule has 0 aliphatic carbocycles. The molecule has 2 aromatic heterocycles. The van der Waals surface area contributed by atoms with Gasteiger partial charge in [-0.1, -0.05) is 6.07 Å². The van der Waals surface area contributed by atoms with Gasteiger partial charge in [-0.3, -0.25) is 9.20 Å². The maximum Gasteiger partial charge on any atom is 0.422 e. The van der Waals surface area contributed by atoms with E-state index in [9.17, 15) is 18.0 Å². The fraction of sp³-hybridized carbons (Fsp3) is 0.333. The quantitative estimate of drug-likeness (QED) is 0.613. The van der Waals surface area contributed by atoms with Gasteiger partial charge >= 0.3 is 6.18 Å². The third-order valence-electron chi connectivity index (χ3n) is 3.87. The number of fused-ring (bicyclic) bond motifs is 1.